The number of thiazole rings is 1. The fourth-order valence-corrected chi connectivity index (χ4v) is 2.43. The molecular weight excluding hydrogens is 298 g/mol. The Balaban J connectivity index is 2.58. The summed E-state index contributed by atoms with van der Waals surface area (Å²) in [4.78, 5) is 13.2. The molecule has 3 nitrogen and oxygen atoms in total. The Labute approximate surface area is 114 Å². The molecule has 0 radical (unpaired) electrons. The summed E-state index contributed by atoms with van der Waals surface area (Å²) in [7, 11) is 0. The summed E-state index contributed by atoms with van der Waals surface area (Å²) in [5.74, 6) is -2.31. The first kappa shape index (κ1) is 14.4. The third kappa shape index (κ3) is 2.64. The van der Waals surface area contributed by atoms with E-state index in [1.54, 1.807) is 0 Å². The van der Waals surface area contributed by atoms with Gasteiger partial charge in [-0.3, -0.25) is 0 Å². The van der Waals surface area contributed by atoms with E-state index in [4.69, 9.17) is 5.11 Å². The minimum Gasteiger partial charge on any atom is -0.477 e. The number of hydrogen-bond donors (Lipinski definition) is 1. The van der Waals surface area contributed by atoms with E-state index in [2.05, 4.69) is 4.98 Å². The number of aromatic carboxylic acids is 1. The van der Waals surface area contributed by atoms with Crippen LogP contribution in [0.25, 0.3) is 10.6 Å². The maximum Gasteiger partial charge on any atom is 0.435 e. The highest BCUT2D eigenvalue weighted by molar-refractivity contribution is 7.17. The number of nitrogens with zero attached hydrogens (tertiary/aromatic N) is 1. The van der Waals surface area contributed by atoms with E-state index in [-0.39, 0.29) is 10.6 Å². The summed E-state index contributed by atoms with van der Waals surface area (Å²) in [5, 5.41) is 8.60. The highest BCUT2D eigenvalue weighted by Crippen LogP contribution is 2.37. The SMILES string of the molecule is Cc1ccc(-c2nc(C(F)(F)F)c(C(=O)O)s2)cc1F. The number of hydrogen-bond acceptors (Lipinski definition) is 3. The van der Waals surface area contributed by atoms with Gasteiger partial charge in [0.2, 0.25) is 0 Å². The molecule has 0 spiro atoms. The molecular formula is C12H7F4NO2S. The molecule has 0 aliphatic carbocycles. The fraction of sp³-hybridized carbons (Fsp3) is 0.167. The Kier molecular flexibility index (Phi) is 3.51. The lowest BCUT2D eigenvalue weighted by Gasteiger charge is -2.02. The first-order valence-electron chi connectivity index (χ1n) is 5.28. The molecule has 20 heavy (non-hydrogen) atoms. The van der Waals surface area contributed by atoms with E-state index in [0.29, 0.717) is 16.9 Å². The maximum absolute atomic E-state index is 13.4. The van der Waals surface area contributed by atoms with Gasteiger partial charge in [0.15, 0.2) is 5.69 Å². The van der Waals surface area contributed by atoms with E-state index >= 15 is 0 Å². The van der Waals surface area contributed by atoms with Gasteiger partial charge in [-0.05, 0) is 18.6 Å². The number of aromatic nitrogens is 1. The molecule has 8 heteroatoms. The van der Waals surface area contributed by atoms with Crippen molar-refractivity contribution in [1.82, 2.24) is 4.98 Å². The zero-order chi connectivity index (χ0) is 15.1. The van der Waals surface area contributed by atoms with Crippen molar-refractivity contribution in [1.29, 1.82) is 0 Å². The number of alkyl halides is 3. The van der Waals surface area contributed by atoms with Gasteiger partial charge in [-0.25, -0.2) is 14.2 Å². The van der Waals surface area contributed by atoms with Crippen molar-refractivity contribution in [2.75, 3.05) is 0 Å². The van der Waals surface area contributed by atoms with Gasteiger partial charge in [0, 0.05) is 5.56 Å². The molecule has 2 aromatic rings. The molecule has 0 saturated carbocycles. The van der Waals surface area contributed by atoms with Gasteiger partial charge in [0.1, 0.15) is 15.7 Å². The number of rotatable bonds is 2. The first-order chi connectivity index (χ1) is 9.20. The Bertz CT molecular complexity index is 679. The molecule has 0 unspecified atom stereocenters. The van der Waals surface area contributed by atoms with Crippen LogP contribution in [-0.4, -0.2) is 16.1 Å². The van der Waals surface area contributed by atoms with Crippen LogP contribution in [0.3, 0.4) is 0 Å². The predicted molar refractivity (Wildman–Crippen MR) is 64.2 cm³/mol. The second-order valence-electron chi connectivity index (χ2n) is 3.96. The van der Waals surface area contributed by atoms with Crippen LogP contribution in [0.2, 0.25) is 0 Å². The summed E-state index contributed by atoms with van der Waals surface area (Å²) in [6.45, 7) is 1.50. The minimum atomic E-state index is -4.87. The molecule has 2 rings (SSSR count). The van der Waals surface area contributed by atoms with E-state index < -0.39 is 28.5 Å². The Morgan fingerprint density at radius 1 is 1.35 bits per heavy atom. The van der Waals surface area contributed by atoms with Crippen molar-refractivity contribution >= 4 is 17.3 Å². The molecule has 1 aromatic carbocycles. The highest BCUT2D eigenvalue weighted by Gasteiger charge is 2.39. The Hall–Kier alpha value is -1.96. The predicted octanol–water partition coefficient (Wildman–Crippen LogP) is 3.97. The topological polar surface area (TPSA) is 50.2 Å². The van der Waals surface area contributed by atoms with E-state index in [0.717, 1.165) is 6.07 Å². The average Bonchev–Trinajstić information content (AvgIpc) is 2.77. The lowest BCUT2D eigenvalue weighted by atomic mass is 10.1. The second kappa shape index (κ2) is 4.86. The molecule has 0 fully saturated rings. The number of carboxylic acid groups (broad SMARTS) is 1. The summed E-state index contributed by atoms with van der Waals surface area (Å²) in [6.07, 6.45) is -4.87. The second-order valence-corrected chi connectivity index (χ2v) is 4.96. The summed E-state index contributed by atoms with van der Waals surface area (Å²) >= 11 is 0.365. The molecule has 1 aromatic heterocycles. The van der Waals surface area contributed by atoms with E-state index in [1.165, 1.54) is 19.1 Å². The highest BCUT2D eigenvalue weighted by atomic mass is 32.1. The average molecular weight is 305 g/mol. The lowest BCUT2D eigenvalue weighted by Crippen LogP contribution is -2.11. The summed E-state index contributed by atoms with van der Waals surface area (Å²) in [6, 6.07) is 3.81. The summed E-state index contributed by atoms with van der Waals surface area (Å²) < 4.78 is 51.5. The van der Waals surface area contributed by atoms with Crippen LogP contribution >= 0.6 is 11.3 Å². The fourth-order valence-electron chi connectivity index (χ4n) is 1.51. The van der Waals surface area contributed by atoms with Crippen LogP contribution in [-0.2, 0) is 6.18 Å². The Morgan fingerprint density at radius 3 is 2.45 bits per heavy atom. The molecule has 0 amide bonds. The van der Waals surface area contributed by atoms with Crippen LogP contribution in [0.1, 0.15) is 20.9 Å². The van der Waals surface area contributed by atoms with Gasteiger partial charge in [-0.2, -0.15) is 13.2 Å². The van der Waals surface area contributed by atoms with Gasteiger partial charge in [0.05, 0.1) is 0 Å². The lowest BCUT2D eigenvalue weighted by molar-refractivity contribution is -0.141. The van der Waals surface area contributed by atoms with Crippen molar-refractivity contribution in [3.05, 3.63) is 40.2 Å². The van der Waals surface area contributed by atoms with E-state index in [1.807, 2.05) is 0 Å². The van der Waals surface area contributed by atoms with Crippen LogP contribution in [0.15, 0.2) is 18.2 Å². The number of carboxylic acids is 1. The number of halogens is 4. The van der Waals surface area contributed by atoms with Crippen LogP contribution in [0.4, 0.5) is 17.6 Å². The molecule has 1 heterocycles. The normalized spacial score (nSPS) is 11.7. The molecule has 0 atom stereocenters. The molecule has 1 N–H and O–H groups in total. The third-order valence-electron chi connectivity index (χ3n) is 2.51. The standard InChI is InChI=1S/C12H7F4NO2S/c1-5-2-3-6(4-7(5)13)10-17-9(12(14,15)16)8(20-10)11(18)19/h2-4H,1H3,(H,18,19). The monoisotopic (exact) mass is 305 g/mol. The number of benzene rings is 1. The number of carbonyl (C=O) groups is 1. The zero-order valence-corrected chi connectivity index (χ0v) is 10.8. The third-order valence-corrected chi connectivity index (χ3v) is 3.60. The van der Waals surface area contributed by atoms with Gasteiger partial charge in [-0.15, -0.1) is 11.3 Å². The van der Waals surface area contributed by atoms with Crippen LogP contribution in [0, 0.1) is 12.7 Å². The van der Waals surface area contributed by atoms with Gasteiger partial charge >= 0.3 is 12.1 Å². The van der Waals surface area contributed by atoms with Gasteiger partial charge in [0.25, 0.3) is 0 Å². The van der Waals surface area contributed by atoms with Crippen molar-refractivity contribution in [2.45, 2.75) is 13.1 Å². The quantitative estimate of drug-likeness (QED) is 0.854. The molecule has 0 aliphatic heterocycles. The van der Waals surface area contributed by atoms with Crippen molar-refractivity contribution in [3.8, 4) is 10.6 Å². The Morgan fingerprint density at radius 2 is 2.00 bits per heavy atom. The van der Waals surface area contributed by atoms with Crippen LogP contribution in [0.5, 0.6) is 0 Å². The van der Waals surface area contributed by atoms with Crippen molar-refractivity contribution in [3.63, 3.8) is 0 Å². The molecule has 0 bridgehead atoms. The molecule has 0 saturated heterocycles. The largest absolute Gasteiger partial charge is 0.477 e. The first-order valence-corrected chi connectivity index (χ1v) is 6.09. The number of aryl methyl sites for hydroxylation is 1. The molecule has 106 valence electrons. The zero-order valence-electron chi connectivity index (χ0n) is 9.95. The smallest absolute Gasteiger partial charge is 0.435 e. The van der Waals surface area contributed by atoms with Crippen molar-refractivity contribution in [2.24, 2.45) is 0 Å². The summed E-state index contributed by atoms with van der Waals surface area (Å²) in [5.41, 5.74) is -1.03. The van der Waals surface area contributed by atoms with E-state index in [9.17, 15) is 22.4 Å². The minimum absolute atomic E-state index is 0.108. The van der Waals surface area contributed by atoms with Crippen LogP contribution < -0.4 is 0 Å². The maximum atomic E-state index is 13.4. The molecule has 0 aliphatic rings. The van der Waals surface area contributed by atoms with Crippen molar-refractivity contribution < 1.29 is 27.5 Å². The van der Waals surface area contributed by atoms with Gasteiger partial charge < -0.3 is 5.11 Å². The van der Waals surface area contributed by atoms with Gasteiger partial charge in [-0.1, -0.05) is 12.1 Å².